The fourth-order valence-corrected chi connectivity index (χ4v) is 9.15. The second-order valence-electron chi connectivity index (χ2n) is 7.15. The van der Waals surface area contributed by atoms with Gasteiger partial charge in [-0.05, 0) is 35.0 Å². The summed E-state index contributed by atoms with van der Waals surface area (Å²) in [7, 11) is 1.49. The Hall–Kier alpha value is -0.130. The first-order valence-electron chi connectivity index (χ1n) is 7.18. The van der Waals surface area contributed by atoms with E-state index in [1.807, 2.05) is 0 Å². The minimum absolute atomic E-state index is 0.0402. The van der Waals surface area contributed by atoms with Gasteiger partial charge in [0.25, 0.3) is 0 Å². The van der Waals surface area contributed by atoms with Crippen LogP contribution in [0.4, 0.5) is 0 Å². The molecule has 0 aromatic rings. The van der Waals surface area contributed by atoms with Gasteiger partial charge in [-0.25, -0.2) is 0 Å². The SMILES string of the molecule is COC(=O)CC12C3[C@H]4[C@H]1C1[C@@H]2[C@H]3C4(Br)C12OCCO2. The molecule has 19 heavy (non-hydrogen) atoms. The molecule has 4 nitrogen and oxygen atoms in total. The first kappa shape index (κ1) is 10.6. The number of ether oxygens (including phenoxy) is 3. The fraction of sp³-hybridized carbons (Fsp3) is 0.929. The van der Waals surface area contributed by atoms with Gasteiger partial charge in [-0.15, -0.1) is 0 Å². The van der Waals surface area contributed by atoms with E-state index < -0.39 is 0 Å². The predicted molar refractivity (Wildman–Crippen MR) is 66.3 cm³/mol. The summed E-state index contributed by atoms with van der Waals surface area (Å²) in [5, 5.41) is 0. The van der Waals surface area contributed by atoms with Gasteiger partial charge in [0.05, 0.1) is 31.1 Å². The molecule has 0 radical (unpaired) electrons. The number of carbonyl (C=O) groups excluding carboxylic acids is 1. The lowest BCUT2D eigenvalue weighted by molar-refractivity contribution is -0.438. The summed E-state index contributed by atoms with van der Waals surface area (Å²) in [5.41, 5.74) is 0.267. The quantitative estimate of drug-likeness (QED) is 0.564. The Kier molecular flexibility index (Phi) is 1.41. The number of halogens is 1. The van der Waals surface area contributed by atoms with Gasteiger partial charge < -0.3 is 14.2 Å². The maximum absolute atomic E-state index is 11.7. The number of alkyl halides is 1. The van der Waals surface area contributed by atoms with Crippen LogP contribution in [0.3, 0.4) is 0 Å². The Morgan fingerprint density at radius 3 is 2.32 bits per heavy atom. The van der Waals surface area contributed by atoms with Crippen LogP contribution in [0.25, 0.3) is 0 Å². The lowest BCUT2D eigenvalue weighted by atomic mass is 9.13. The van der Waals surface area contributed by atoms with Gasteiger partial charge in [0, 0.05) is 5.92 Å². The van der Waals surface area contributed by atoms with E-state index in [4.69, 9.17) is 14.2 Å². The minimum Gasteiger partial charge on any atom is -0.469 e. The summed E-state index contributed by atoms with van der Waals surface area (Å²) < 4.78 is 17.2. The second kappa shape index (κ2) is 2.53. The highest BCUT2D eigenvalue weighted by Gasteiger charge is 3.08. The fourth-order valence-electron chi connectivity index (χ4n) is 7.52. The summed E-state index contributed by atoms with van der Waals surface area (Å²) in [6, 6.07) is 0. The molecule has 1 spiro atoms. The van der Waals surface area contributed by atoms with Crippen LogP contribution in [0, 0.1) is 40.9 Å². The van der Waals surface area contributed by atoms with E-state index >= 15 is 0 Å². The van der Waals surface area contributed by atoms with E-state index in [0.29, 0.717) is 36.0 Å². The van der Waals surface area contributed by atoms with E-state index in [9.17, 15) is 4.79 Å². The van der Waals surface area contributed by atoms with Crippen molar-refractivity contribution in [1.29, 1.82) is 0 Å². The molecule has 102 valence electrons. The van der Waals surface area contributed by atoms with Crippen LogP contribution in [-0.2, 0) is 19.0 Å². The summed E-state index contributed by atoms with van der Waals surface area (Å²) in [4.78, 5) is 11.7. The number of methoxy groups -OCH3 is 1. The Bertz CT molecular complexity index is 520. The summed E-state index contributed by atoms with van der Waals surface area (Å²) in [5.74, 6) is 3.47. The molecule has 1 aliphatic heterocycles. The van der Waals surface area contributed by atoms with Crippen LogP contribution in [0.15, 0.2) is 0 Å². The smallest absolute Gasteiger partial charge is 0.306 e. The van der Waals surface area contributed by atoms with Crippen molar-refractivity contribution in [3.8, 4) is 0 Å². The molecule has 6 aliphatic carbocycles. The van der Waals surface area contributed by atoms with Crippen molar-refractivity contribution < 1.29 is 19.0 Å². The van der Waals surface area contributed by atoms with Crippen molar-refractivity contribution in [1.82, 2.24) is 0 Å². The van der Waals surface area contributed by atoms with Crippen LogP contribution >= 0.6 is 15.9 Å². The third-order valence-electron chi connectivity index (χ3n) is 7.52. The number of carbonyl (C=O) groups is 1. The second-order valence-corrected chi connectivity index (χ2v) is 8.46. The Labute approximate surface area is 119 Å². The molecule has 0 amide bonds. The van der Waals surface area contributed by atoms with Crippen LogP contribution < -0.4 is 0 Å². The van der Waals surface area contributed by atoms with Crippen molar-refractivity contribution >= 4 is 21.9 Å². The zero-order valence-electron chi connectivity index (χ0n) is 10.6. The van der Waals surface area contributed by atoms with Crippen LogP contribution in [0.5, 0.6) is 0 Å². The molecule has 6 saturated carbocycles. The van der Waals surface area contributed by atoms with Crippen molar-refractivity contribution in [2.45, 2.75) is 16.5 Å². The van der Waals surface area contributed by atoms with E-state index in [0.717, 1.165) is 19.1 Å². The third-order valence-corrected chi connectivity index (χ3v) is 9.13. The predicted octanol–water partition coefficient (Wildman–Crippen LogP) is 1.18. The zero-order chi connectivity index (χ0) is 12.8. The van der Waals surface area contributed by atoms with Gasteiger partial charge in [-0.2, -0.15) is 0 Å². The molecular weight excluding hydrogens is 312 g/mol. The van der Waals surface area contributed by atoms with Gasteiger partial charge in [0.1, 0.15) is 0 Å². The normalized spacial score (nSPS) is 66.8. The molecule has 0 aromatic carbocycles. The number of rotatable bonds is 2. The van der Waals surface area contributed by atoms with Gasteiger partial charge in [-0.3, -0.25) is 4.79 Å². The first-order valence-corrected chi connectivity index (χ1v) is 7.97. The van der Waals surface area contributed by atoms with Crippen molar-refractivity contribution in [3.63, 3.8) is 0 Å². The molecule has 0 aromatic heterocycles. The monoisotopic (exact) mass is 326 g/mol. The molecule has 4 atom stereocenters. The number of hydrogen-bond acceptors (Lipinski definition) is 4. The summed E-state index contributed by atoms with van der Waals surface area (Å²) in [6.07, 6.45) is 0.617. The van der Waals surface area contributed by atoms with E-state index in [2.05, 4.69) is 15.9 Å². The van der Waals surface area contributed by atoms with Crippen LogP contribution in [0.1, 0.15) is 6.42 Å². The standard InChI is InChI=1S/C14H15BrO4/c1-17-5(16)4-12-6-9-7(12)11-8(12)10(6)13(9,15)14(11)18-2-3-19-14/h6-11H,2-4H2,1H3/t6?,7-,8-,9-,10-,11?,12?,13?/m0/s1. The van der Waals surface area contributed by atoms with Crippen LogP contribution in [0.2, 0.25) is 0 Å². The number of esters is 1. The van der Waals surface area contributed by atoms with Crippen molar-refractivity contribution in [3.05, 3.63) is 0 Å². The van der Waals surface area contributed by atoms with Gasteiger partial charge in [0.15, 0.2) is 5.79 Å². The third kappa shape index (κ3) is 0.625. The Morgan fingerprint density at radius 1 is 1.16 bits per heavy atom. The van der Waals surface area contributed by atoms with Gasteiger partial charge in [-0.1, -0.05) is 15.9 Å². The zero-order valence-corrected chi connectivity index (χ0v) is 12.2. The maximum atomic E-state index is 11.7. The summed E-state index contributed by atoms with van der Waals surface area (Å²) >= 11 is 4.01. The molecule has 0 N–H and O–H groups in total. The molecule has 7 rings (SSSR count). The highest BCUT2D eigenvalue weighted by Crippen LogP contribution is 3.05. The van der Waals surface area contributed by atoms with Crippen molar-refractivity contribution in [2.24, 2.45) is 40.9 Å². The average Bonchev–Trinajstić information content (AvgIpc) is 2.95. The molecule has 1 saturated heterocycles. The Balaban J connectivity index is 1.44. The lowest BCUT2D eigenvalue weighted by Gasteiger charge is -2.91. The minimum atomic E-state index is -0.357. The molecule has 2 bridgehead atoms. The lowest BCUT2D eigenvalue weighted by Crippen LogP contribution is -2.92. The highest BCUT2D eigenvalue weighted by atomic mass is 79.9. The van der Waals surface area contributed by atoms with Gasteiger partial charge >= 0.3 is 5.97 Å². The van der Waals surface area contributed by atoms with E-state index in [-0.39, 0.29) is 21.5 Å². The first-order chi connectivity index (χ1) is 9.14. The maximum Gasteiger partial charge on any atom is 0.306 e. The van der Waals surface area contributed by atoms with E-state index in [1.165, 1.54) is 7.11 Å². The average molecular weight is 327 g/mol. The molecule has 0 unspecified atom stereocenters. The largest absolute Gasteiger partial charge is 0.469 e. The molecule has 5 heteroatoms. The van der Waals surface area contributed by atoms with Gasteiger partial charge in [0.2, 0.25) is 0 Å². The molecule has 7 fully saturated rings. The summed E-state index contributed by atoms with van der Waals surface area (Å²) in [6.45, 7) is 1.44. The molecular formula is C14H15BrO4. The van der Waals surface area contributed by atoms with Crippen LogP contribution in [-0.4, -0.2) is 36.4 Å². The number of hydrogen-bond donors (Lipinski definition) is 0. The molecule has 1 heterocycles. The topological polar surface area (TPSA) is 44.8 Å². The van der Waals surface area contributed by atoms with Crippen molar-refractivity contribution in [2.75, 3.05) is 20.3 Å². The van der Waals surface area contributed by atoms with E-state index in [1.54, 1.807) is 0 Å². The molecule has 7 aliphatic rings. The highest BCUT2D eigenvalue weighted by molar-refractivity contribution is 9.10. The Morgan fingerprint density at radius 2 is 1.74 bits per heavy atom.